The number of carboxylic acids is 1. The van der Waals surface area contributed by atoms with Crippen LogP contribution in [0.15, 0.2) is 11.4 Å². The summed E-state index contributed by atoms with van der Waals surface area (Å²) in [7, 11) is 0. The summed E-state index contributed by atoms with van der Waals surface area (Å²) >= 11 is 3.49. The van der Waals surface area contributed by atoms with Crippen LogP contribution in [0.2, 0.25) is 0 Å². The quantitative estimate of drug-likeness (QED) is 0.669. The number of hydrogen-bond acceptors (Lipinski definition) is 2. The number of alkyl halides is 1. The average Bonchev–Trinajstić information content (AvgIpc) is 2.32. The highest BCUT2D eigenvalue weighted by Crippen LogP contribution is 2.29. The van der Waals surface area contributed by atoms with E-state index in [4.69, 9.17) is 5.11 Å². The first kappa shape index (κ1) is 8.99. The minimum Gasteiger partial charge on any atom is -0.477 e. The molecule has 0 saturated heterocycles. The van der Waals surface area contributed by atoms with Gasteiger partial charge in [0.05, 0.1) is 0 Å². The molecular weight excluding hydrogens is 275 g/mol. The summed E-state index contributed by atoms with van der Waals surface area (Å²) in [5.74, 6) is -0.821. The molecule has 1 rings (SSSR count). The molecular formula is C7H7IO2S. The normalized spacial score (nSPS) is 12.9. The summed E-state index contributed by atoms with van der Waals surface area (Å²) in [4.78, 5) is 11.1. The van der Waals surface area contributed by atoms with E-state index in [0.29, 0.717) is 4.88 Å². The summed E-state index contributed by atoms with van der Waals surface area (Å²) in [5.41, 5.74) is 0.920. The zero-order valence-electron chi connectivity index (χ0n) is 5.87. The Morgan fingerprint density at radius 2 is 2.45 bits per heavy atom. The van der Waals surface area contributed by atoms with Crippen LogP contribution in [-0.4, -0.2) is 11.1 Å². The molecule has 1 atom stereocenters. The Bertz CT molecular complexity index is 267. The van der Waals surface area contributed by atoms with Gasteiger partial charge in [0.15, 0.2) is 0 Å². The van der Waals surface area contributed by atoms with E-state index in [-0.39, 0.29) is 3.92 Å². The van der Waals surface area contributed by atoms with Gasteiger partial charge in [-0.15, -0.1) is 11.3 Å². The smallest absolute Gasteiger partial charge is 0.346 e. The molecule has 0 aromatic carbocycles. The molecule has 0 aliphatic carbocycles. The van der Waals surface area contributed by atoms with E-state index in [1.165, 1.54) is 11.3 Å². The Balaban J connectivity index is 3.06. The molecule has 1 aromatic rings. The Morgan fingerprint density at radius 1 is 1.82 bits per heavy atom. The van der Waals surface area contributed by atoms with Crippen LogP contribution in [0.1, 0.15) is 26.1 Å². The highest BCUT2D eigenvalue weighted by molar-refractivity contribution is 14.1. The molecule has 1 N–H and O–H groups in total. The molecule has 0 saturated carbocycles. The van der Waals surface area contributed by atoms with Crippen LogP contribution in [0.3, 0.4) is 0 Å². The molecule has 0 radical (unpaired) electrons. The molecule has 11 heavy (non-hydrogen) atoms. The Kier molecular flexibility index (Phi) is 2.89. The van der Waals surface area contributed by atoms with E-state index < -0.39 is 5.97 Å². The van der Waals surface area contributed by atoms with Gasteiger partial charge in [0.1, 0.15) is 4.88 Å². The third-order valence-corrected chi connectivity index (χ3v) is 2.91. The monoisotopic (exact) mass is 282 g/mol. The van der Waals surface area contributed by atoms with E-state index in [1.54, 1.807) is 0 Å². The summed E-state index contributed by atoms with van der Waals surface area (Å²) in [6.45, 7) is 1.98. The van der Waals surface area contributed by atoms with Gasteiger partial charge in [0, 0.05) is 3.92 Å². The van der Waals surface area contributed by atoms with Gasteiger partial charge in [0.2, 0.25) is 0 Å². The molecule has 4 heteroatoms. The molecule has 1 heterocycles. The summed E-state index contributed by atoms with van der Waals surface area (Å²) in [6.07, 6.45) is 0. The number of hydrogen-bond donors (Lipinski definition) is 1. The zero-order valence-corrected chi connectivity index (χ0v) is 8.85. The molecule has 0 amide bonds. The molecule has 1 unspecified atom stereocenters. The van der Waals surface area contributed by atoms with Crippen molar-refractivity contribution in [3.05, 3.63) is 21.9 Å². The van der Waals surface area contributed by atoms with Crippen molar-refractivity contribution in [3.63, 3.8) is 0 Å². The predicted molar refractivity (Wildman–Crippen MR) is 53.7 cm³/mol. The Morgan fingerprint density at radius 3 is 2.82 bits per heavy atom. The standard InChI is InChI=1S/C7H7IO2S/c1-4(8)5-2-3-11-6(5)7(9)10/h2-4H,1H3,(H,9,10). The number of carboxylic acid groups (broad SMARTS) is 1. The van der Waals surface area contributed by atoms with Crippen molar-refractivity contribution in [2.24, 2.45) is 0 Å². The SMILES string of the molecule is CC(I)c1ccsc1C(=O)O. The fourth-order valence-electron chi connectivity index (χ4n) is 0.806. The van der Waals surface area contributed by atoms with Crippen molar-refractivity contribution < 1.29 is 9.90 Å². The van der Waals surface area contributed by atoms with Gasteiger partial charge in [-0.2, -0.15) is 0 Å². The summed E-state index contributed by atoms with van der Waals surface area (Å²) < 4.78 is 0.268. The molecule has 60 valence electrons. The van der Waals surface area contributed by atoms with Crippen LogP contribution in [0, 0.1) is 0 Å². The van der Waals surface area contributed by atoms with Crippen LogP contribution in [0.25, 0.3) is 0 Å². The minimum absolute atomic E-state index is 0.268. The van der Waals surface area contributed by atoms with Crippen LogP contribution < -0.4 is 0 Å². The van der Waals surface area contributed by atoms with E-state index in [9.17, 15) is 4.79 Å². The highest BCUT2D eigenvalue weighted by Gasteiger charge is 2.14. The lowest BCUT2D eigenvalue weighted by atomic mass is 10.2. The van der Waals surface area contributed by atoms with Gasteiger partial charge in [-0.3, -0.25) is 0 Å². The lowest BCUT2D eigenvalue weighted by Gasteiger charge is -2.00. The van der Waals surface area contributed by atoms with Crippen molar-refractivity contribution >= 4 is 39.9 Å². The van der Waals surface area contributed by atoms with Gasteiger partial charge in [-0.25, -0.2) is 4.79 Å². The fraction of sp³-hybridized carbons (Fsp3) is 0.286. The fourth-order valence-corrected chi connectivity index (χ4v) is 2.37. The van der Waals surface area contributed by atoms with Crippen molar-refractivity contribution in [3.8, 4) is 0 Å². The molecule has 0 fully saturated rings. The minimum atomic E-state index is -0.821. The van der Waals surface area contributed by atoms with Gasteiger partial charge >= 0.3 is 5.97 Å². The lowest BCUT2D eigenvalue weighted by molar-refractivity contribution is 0.0701. The maximum absolute atomic E-state index is 10.6. The van der Waals surface area contributed by atoms with Crippen molar-refractivity contribution in [1.82, 2.24) is 0 Å². The van der Waals surface area contributed by atoms with E-state index in [1.807, 2.05) is 18.4 Å². The number of rotatable bonds is 2. The second-order valence-corrected chi connectivity index (χ2v) is 4.91. The molecule has 1 aromatic heterocycles. The molecule has 2 nitrogen and oxygen atoms in total. The first-order chi connectivity index (χ1) is 5.13. The van der Waals surface area contributed by atoms with E-state index >= 15 is 0 Å². The van der Waals surface area contributed by atoms with Crippen molar-refractivity contribution in [2.75, 3.05) is 0 Å². The van der Waals surface area contributed by atoms with Gasteiger partial charge < -0.3 is 5.11 Å². The molecule has 0 spiro atoms. The first-order valence-corrected chi connectivity index (χ1v) is 5.20. The summed E-state index contributed by atoms with van der Waals surface area (Å²) in [5, 5.41) is 10.5. The Hall–Kier alpha value is -0.100. The maximum Gasteiger partial charge on any atom is 0.346 e. The highest BCUT2D eigenvalue weighted by atomic mass is 127. The van der Waals surface area contributed by atoms with E-state index in [0.717, 1.165) is 5.56 Å². The number of carbonyl (C=O) groups is 1. The van der Waals surface area contributed by atoms with Crippen LogP contribution >= 0.6 is 33.9 Å². The topological polar surface area (TPSA) is 37.3 Å². The largest absolute Gasteiger partial charge is 0.477 e. The molecule has 0 aliphatic heterocycles. The second-order valence-electron chi connectivity index (χ2n) is 2.13. The lowest BCUT2D eigenvalue weighted by Crippen LogP contribution is -1.97. The first-order valence-electron chi connectivity index (χ1n) is 3.07. The predicted octanol–water partition coefficient (Wildman–Crippen LogP) is 2.94. The number of thiophene rings is 1. The van der Waals surface area contributed by atoms with Crippen LogP contribution in [-0.2, 0) is 0 Å². The van der Waals surface area contributed by atoms with Crippen molar-refractivity contribution in [2.45, 2.75) is 10.8 Å². The van der Waals surface area contributed by atoms with Crippen molar-refractivity contribution in [1.29, 1.82) is 0 Å². The van der Waals surface area contributed by atoms with Crippen LogP contribution in [0.5, 0.6) is 0 Å². The number of aromatic carboxylic acids is 1. The number of halogens is 1. The maximum atomic E-state index is 10.6. The molecule has 0 aliphatic rings. The van der Waals surface area contributed by atoms with E-state index in [2.05, 4.69) is 22.6 Å². The third kappa shape index (κ3) is 1.93. The zero-order chi connectivity index (χ0) is 8.43. The van der Waals surface area contributed by atoms with Gasteiger partial charge in [-0.1, -0.05) is 22.6 Å². The second kappa shape index (κ2) is 3.53. The Labute approximate surface area is 82.4 Å². The third-order valence-electron chi connectivity index (χ3n) is 1.32. The molecule has 0 bridgehead atoms. The average molecular weight is 282 g/mol. The van der Waals surface area contributed by atoms with Gasteiger partial charge in [0.25, 0.3) is 0 Å². The summed E-state index contributed by atoms with van der Waals surface area (Å²) in [6, 6.07) is 1.87. The van der Waals surface area contributed by atoms with Crippen LogP contribution in [0.4, 0.5) is 0 Å². The van der Waals surface area contributed by atoms with Gasteiger partial charge in [-0.05, 0) is 23.9 Å².